The summed E-state index contributed by atoms with van der Waals surface area (Å²) < 4.78 is 5.15. The monoisotopic (exact) mass is 255 g/mol. The van der Waals surface area contributed by atoms with E-state index in [2.05, 4.69) is 54.7 Å². The summed E-state index contributed by atoms with van der Waals surface area (Å²) in [4.78, 5) is 0. The lowest BCUT2D eigenvalue weighted by molar-refractivity contribution is 0.415. The van der Waals surface area contributed by atoms with E-state index in [4.69, 9.17) is 4.74 Å². The molecule has 2 aromatic carbocycles. The Labute approximate surface area is 115 Å². The molecule has 0 saturated heterocycles. The van der Waals surface area contributed by atoms with E-state index in [-0.39, 0.29) is 0 Å². The molecule has 2 nitrogen and oxygen atoms in total. The summed E-state index contributed by atoms with van der Waals surface area (Å²) in [6.07, 6.45) is 2.22. The molecule has 0 saturated carbocycles. The van der Waals surface area contributed by atoms with Crippen molar-refractivity contribution in [3.63, 3.8) is 0 Å². The minimum absolute atomic E-state index is 0.452. The van der Waals surface area contributed by atoms with Crippen molar-refractivity contribution in [3.8, 4) is 5.75 Å². The third-order valence-electron chi connectivity index (χ3n) is 3.21. The van der Waals surface area contributed by atoms with Gasteiger partial charge in [-0.2, -0.15) is 0 Å². The zero-order valence-electron chi connectivity index (χ0n) is 11.6. The Kier molecular flexibility index (Phi) is 4.85. The third-order valence-corrected chi connectivity index (χ3v) is 3.21. The lowest BCUT2D eigenvalue weighted by atomic mass is 10.1. The summed E-state index contributed by atoms with van der Waals surface area (Å²) in [5, 5.41) is 3.51. The molecule has 1 atom stereocenters. The summed E-state index contributed by atoms with van der Waals surface area (Å²) in [6.45, 7) is 2.22. The van der Waals surface area contributed by atoms with E-state index in [0.29, 0.717) is 6.04 Å². The number of anilines is 1. The maximum absolute atomic E-state index is 5.15. The van der Waals surface area contributed by atoms with Gasteiger partial charge in [-0.1, -0.05) is 30.3 Å². The van der Waals surface area contributed by atoms with Gasteiger partial charge in [-0.05, 0) is 49.6 Å². The van der Waals surface area contributed by atoms with Gasteiger partial charge in [0.2, 0.25) is 0 Å². The van der Waals surface area contributed by atoms with Gasteiger partial charge in [0.05, 0.1) is 7.11 Å². The third kappa shape index (κ3) is 4.32. The molecule has 19 heavy (non-hydrogen) atoms. The molecule has 0 amide bonds. The Morgan fingerprint density at radius 2 is 1.68 bits per heavy atom. The molecule has 0 aliphatic rings. The van der Waals surface area contributed by atoms with Crippen LogP contribution in [0.5, 0.6) is 5.75 Å². The molecule has 0 aromatic heterocycles. The first-order valence-corrected chi connectivity index (χ1v) is 6.72. The minimum atomic E-state index is 0.452. The highest BCUT2D eigenvalue weighted by molar-refractivity contribution is 5.46. The first-order chi connectivity index (χ1) is 9.28. The summed E-state index contributed by atoms with van der Waals surface area (Å²) in [6, 6.07) is 19.1. The molecule has 0 radical (unpaired) electrons. The van der Waals surface area contributed by atoms with E-state index in [1.165, 1.54) is 5.56 Å². The first kappa shape index (κ1) is 13.5. The summed E-state index contributed by atoms with van der Waals surface area (Å²) >= 11 is 0. The second-order valence-corrected chi connectivity index (χ2v) is 4.80. The predicted molar refractivity (Wildman–Crippen MR) is 80.8 cm³/mol. The Morgan fingerprint density at radius 1 is 1.00 bits per heavy atom. The number of nitrogens with one attached hydrogen (secondary N) is 1. The fourth-order valence-corrected chi connectivity index (χ4v) is 2.07. The molecule has 2 heteroatoms. The zero-order valence-corrected chi connectivity index (χ0v) is 11.6. The van der Waals surface area contributed by atoms with Crippen LogP contribution in [-0.2, 0) is 6.42 Å². The lowest BCUT2D eigenvalue weighted by Gasteiger charge is -2.15. The van der Waals surface area contributed by atoms with Gasteiger partial charge in [0, 0.05) is 11.7 Å². The topological polar surface area (TPSA) is 21.3 Å². The van der Waals surface area contributed by atoms with Crippen LogP contribution in [0.2, 0.25) is 0 Å². The molecule has 0 heterocycles. The van der Waals surface area contributed by atoms with Crippen LogP contribution in [0, 0.1) is 0 Å². The van der Waals surface area contributed by atoms with Crippen LogP contribution in [0.15, 0.2) is 54.6 Å². The summed E-state index contributed by atoms with van der Waals surface area (Å²) in [5.74, 6) is 0.891. The number of hydrogen-bond acceptors (Lipinski definition) is 2. The molecule has 2 aromatic rings. The van der Waals surface area contributed by atoms with Crippen molar-refractivity contribution in [3.05, 3.63) is 60.2 Å². The largest absolute Gasteiger partial charge is 0.497 e. The Bertz CT molecular complexity index is 478. The molecule has 100 valence electrons. The van der Waals surface area contributed by atoms with E-state index in [1.54, 1.807) is 7.11 Å². The normalized spacial score (nSPS) is 11.9. The van der Waals surface area contributed by atoms with Gasteiger partial charge in [-0.25, -0.2) is 0 Å². The Balaban J connectivity index is 1.82. The van der Waals surface area contributed by atoms with Crippen LogP contribution < -0.4 is 10.1 Å². The molecule has 0 fully saturated rings. The SMILES string of the molecule is COc1ccc(NC(C)CCc2ccccc2)cc1. The van der Waals surface area contributed by atoms with Crippen LogP contribution in [0.4, 0.5) is 5.69 Å². The second-order valence-electron chi connectivity index (χ2n) is 4.80. The molecule has 0 spiro atoms. The van der Waals surface area contributed by atoms with Crippen molar-refractivity contribution >= 4 is 5.69 Å². The Morgan fingerprint density at radius 3 is 2.32 bits per heavy atom. The first-order valence-electron chi connectivity index (χ1n) is 6.72. The standard InChI is InChI=1S/C17H21NO/c1-14(8-9-15-6-4-3-5-7-15)18-16-10-12-17(19-2)13-11-16/h3-7,10-14,18H,8-9H2,1-2H3. The van der Waals surface area contributed by atoms with Gasteiger partial charge in [-0.15, -0.1) is 0 Å². The number of aryl methyl sites for hydroxylation is 1. The molecule has 2 rings (SSSR count). The van der Waals surface area contributed by atoms with E-state index in [1.807, 2.05) is 12.1 Å². The second kappa shape index (κ2) is 6.83. The number of rotatable bonds is 6. The zero-order chi connectivity index (χ0) is 13.5. The number of benzene rings is 2. The number of methoxy groups -OCH3 is 1. The molecule has 1 N–H and O–H groups in total. The fraction of sp³-hybridized carbons (Fsp3) is 0.294. The average Bonchev–Trinajstić information content (AvgIpc) is 2.47. The van der Waals surface area contributed by atoms with Gasteiger partial charge in [0.15, 0.2) is 0 Å². The van der Waals surface area contributed by atoms with Crippen molar-refractivity contribution in [1.29, 1.82) is 0 Å². The van der Waals surface area contributed by atoms with E-state index in [0.717, 1.165) is 24.3 Å². The highest BCUT2D eigenvalue weighted by Crippen LogP contribution is 2.17. The van der Waals surface area contributed by atoms with Crippen LogP contribution in [0.25, 0.3) is 0 Å². The maximum Gasteiger partial charge on any atom is 0.119 e. The van der Waals surface area contributed by atoms with Crippen LogP contribution in [0.3, 0.4) is 0 Å². The van der Waals surface area contributed by atoms with Crippen molar-refractivity contribution in [1.82, 2.24) is 0 Å². The summed E-state index contributed by atoms with van der Waals surface area (Å²) in [5.41, 5.74) is 2.53. The molecular weight excluding hydrogens is 234 g/mol. The average molecular weight is 255 g/mol. The van der Waals surface area contributed by atoms with Crippen LogP contribution in [-0.4, -0.2) is 13.2 Å². The minimum Gasteiger partial charge on any atom is -0.497 e. The molecule has 0 aliphatic carbocycles. The fourth-order valence-electron chi connectivity index (χ4n) is 2.07. The predicted octanol–water partition coefficient (Wildman–Crippen LogP) is 4.13. The molecule has 0 aliphatic heterocycles. The van der Waals surface area contributed by atoms with E-state index >= 15 is 0 Å². The highest BCUT2D eigenvalue weighted by atomic mass is 16.5. The van der Waals surface area contributed by atoms with Crippen LogP contribution >= 0.6 is 0 Å². The molecular formula is C17H21NO. The van der Waals surface area contributed by atoms with Crippen LogP contribution in [0.1, 0.15) is 18.9 Å². The van der Waals surface area contributed by atoms with Gasteiger partial charge >= 0.3 is 0 Å². The lowest BCUT2D eigenvalue weighted by Crippen LogP contribution is -2.15. The van der Waals surface area contributed by atoms with Gasteiger partial charge < -0.3 is 10.1 Å². The maximum atomic E-state index is 5.15. The van der Waals surface area contributed by atoms with Gasteiger partial charge in [-0.3, -0.25) is 0 Å². The van der Waals surface area contributed by atoms with E-state index < -0.39 is 0 Å². The molecule has 1 unspecified atom stereocenters. The van der Waals surface area contributed by atoms with Crippen molar-refractivity contribution in [2.24, 2.45) is 0 Å². The Hall–Kier alpha value is -1.96. The summed E-state index contributed by atoms with van der Waals surface area (Å²) in [7, 11) is 1.69. The van der Waals surface area contributed by atoms with E-state index in [9.17, 15) is 0 Å². The van der Waals surface area contributed by atoms with Crippen molar-refractivity contribution in [2.75, 3.05) is 12.4 Å². The number of ether oxygens (including phenoxy) is 1. The van der Waals surface area contributed by atoms with Gasteiger partial charge in [0.1, 0.15) is 5.75 Å². The number of hydrogen-bond donors (Lipinski definition) is 1. The van der Waals surface area contributed by atoms with Gasteiger partial charge in [0.25, 0.3) is 0 Å². The van der Waals surface area contributed by atoms with Crippen molar-refractivity contribution < 1.29 is 4.74 Å². The highest BCUT2D eigenvalue weighted by Gasteiger charge is 2.03. The smallest absolute Gasteiger partial charge is 0.119 e. The van der Waals surface area contributed by atoms with Crippen molar-refractivity contribution in [2.45, 2.75) is 25.8 Å². The molecule has 0 bridgehead atoms. The quantitative estimate of drug-likeness (QED) is 0.838.